The highest BCUT2D eigenvalue weighted by Gasteiger charge is 2.02. The fourth-order valence-corrected chi connectivity index (χ4v) is 1.77. The molecule has 0 fully saturated rings. The molecular weight excluding hydrogens is 273 g/mol. The van der Waals surface area contributed by atoms with Crippen LogP contribution in [0.5, 0.6) is 5.75 Å². The van der Waals surface area contributed by atoms with Crippen LogP contribution in [-0.4, -0.2) is 31.3 Å². The summed E-state index contributed by atoms with van der Waals surface area (Å²) in [5, 5.41) is 11.6. The van der Waals surface area contributed by atoms with Crippen molar-refractivity contribution >= 4 is 12.0 Å². The summed E-state index contributed by atoms with van der Waals surface area (Å²) in [6.45, 7) is 2.68. The molecule has 1 unspecified atom stereocenters. The first-order valence-electron chi connectivity index (χ1n) is 6.97. The van der Waals surface area contributed by atoms with E-state index in [1.165, 1.54) is 25.3 Å². The van der Waals surface area contributed by atoms with E-state index in [-0.39, 0.29) is 24.2 Å². The first-order chi connectivity index (χ1) is 10.1. The van der Waals surface area contributed by atoms with Gasteiger partial charge in [-0.15, -0.1) is 0 Å². The third-order valence-corrected chi connectivity index (χ3v) is 3.09. The molecule has 4 nitrogen and oxygen atoms in total. The number of rotatable bonds is 8. The van der Waals surface area contributed by atoms with Crippen LogP contribution in [0.25, 0.3) is 6.08 Å². The van der Waals surface area contributed by atoms with Gasteiger partial charge in [0.15, 0.2) is 11.6 Å². The number of carbonyl (C=O) groups excluding carboxylic acids is 1. The Hall–Kier alpha value is -1.88. The maximum atomic E-state index is 13.5. The smallest absolute Gasteiger partial charge is 0.243 e. The molecule has 0 aromatic heterocycles. The highest BCUT2D eigenvalue weighted by atomic mass is 19.1. The van der Waals surface area contributed by atoms with Gasteiger partial charge in [-0.3, -0.25) is 4.79 Å². The molecule has 21 heavy (non-hydrogen) atoms. The molecule has 0 saturated carbocycles. The molecular formula is C16H22FNO3. The first kappa shape index (κ1) is 17.2. The molecule has 0 aliphatic heterocycles. The maximum Gasteiger partial charge on any atom is 0.243 e. The summed E-state index contributed by atoms with van der Waals surface area (Å²) in [6.07, 6.45) is 4.60. The van der Waals surface area contributed by atoms with Gasteiger partial charge in [-0.2, -0.15) is 0 Å². The second-order valence-corrected chi connectivity index (χ2v) is 4.95. The Kier molecular flexibility index (Phi) is 7.46. The molecule has 0 spiro atoms. The number of carbonyl (C=O) groups is 1. The lowest BCUT2D eigenvalue weighted by molar-refractivity contribution is -0.116. The minimum absolute atomic E-state index is 0.164. The van der Waals surface area contributed by atoms with Crippen LogP contribution < -0.4 is 10.1 Å². The SMILES string of the molecule is COc1ccc(/C=C/C(=O)NCCCC(C)CO)cc1F. The van der Waals surface area contributed by atoms with Crippen molar-refractivity contribution in [3.63, 3.8) is 0 Å². The van der Waals surface area contributed by atoms with Crippen LogP contribution >= 0.6 is 0 Å². The van der Waals surface area contributed by atoms with Crippen molar-refractivity contribution in [2.24, 2.45) is 5.92 Å². The average molecular weight is 295 g/mol. The predicted octanol–water partition coefficient (Wildman–Crippen LogP) is 2.37. The largest absolute Gasteiger partial charge is 0.494 e. The van der Waals surface area contributed by atoms with Crippen LogP contribution in [0, 0.1) is 11.7 Å². The summed E-state index contributed by atoms with van der Waals surface area (Å²) in [5.41, 5.74) is 0.595. The van der Waals surface area contributed by atoms with Crippen LogP contribution in [0.4, 0.5) is 4.39 Å². The van der Waals surface area contributed by atoms with Crippen molar-refractivity contribution in [1.29, 1.82) is 0 Å². The van der Waals surface area contributed by atoms with Crippen LogP contribution in [0.3, 0.4) is 0 Å². The Labute approximate surface area is 124 Å². The van der Waals surface area contributed by atoms with Crippen molar-refractivity contribution in [1.82, 2.24) is 5.32 Å². The summed E-state index contributed by atoms with van der Waals surface area (Å²) in [5.74, 6) is -0.254. The molecule has 0 heterocycles. The van der Waals surface area contributed by atoms with Crippen LogP contribution in [0.1, 0.15) is 25.3 Å². The van der Waals surface area contributed by atoms with E-state index in [1.807, 2.05) is 6.92 Å². The highest BCUT2D eigenvalue weighted by Crippen LogP contribution is 2.18. The monoisotopic (exact) mass is 295 g/mol. The van der Waals surface area contributed by atoms with E-state index in [9.17, 15) is 9.18 Å². The number of halogens is 1. The summed E-state index contributed by atoms with van der Waals surface area (Å²) >= 11 is 0. The van der Waals surface area contributed by atoms with Crippen molar-refractivity contribution in [3.8, 4) is 5.75 Å². The third kappa shape index (κ3) is 6.40. The number of benzene rings is 1. The topological polar surface area (TPSA) is 58.6 Å². The fourth-order valence-electron chi connectivity index (χ4n) is 1.77. The van der Waals surface area contributed by atoms with E-state index in [2.05, 4.69) is 5.32 Å². The van der Waals surface area contributed by atoms with Crippen molar-refractivity contribution in [2.45, 2.75) is 19.8 Å². The van der Waals surface area contributed by atoms with Gasteiger partial charge in [0.25, 0.3) is 0 Å². The van der Waals surface area contributed by atoms with Crippen LogP contribution in [0.15, 0.2) is 24.3 Å². The highest BCUT2D eigenvalue weighted by molar-refractivity contribution is 5.91. The fraction of sp³-hybridized carbons (Fsp3) is 0.438. The summed E-state index contributed by atoms with van der Waals surface area (Å²) in [4.78, 5) is 11.6. The Morgan fingerprint density at radius 1 is 1.52 bits per heavy atom. The zero-order chi connectivity index (χ0) is 15.7. The number of ether oxygens (including phenoxy) is 1. The Morgan fingerprint density at radius 2 is 2.29 bits per heavy atom. The first-order valence-corrected chi connectivity index (χ1v) is 6.97. The quantitative estimate of drug-likeness (QED) is 0.572. The Balaban J connectivity index is 2.38. The van der Waals surface area contributed by atoms with E-state index in [0.29, 0.717) is 12.1 Å². The summed E-state index contributed by atoms with van der Waals surface area (Å²) in [7, 11) is 1.40. The Morgan fingerprint density at radius 3 is 2.90 bits per heavy atom. The number of amides is 1. The molecule has 1 rings (SSSR count). The average Bonchev–Trinajstić information content (AvgIpc) is 2.49. The van der Waals surface area contributed by atoms with Gasteiger partial charge in [-0.25, -0.2) is 4.39 Å². The molecule has 1 atom stereocenters. The van der Waals surface area contributed by atoms with Gasteiger partial charge >= 0.3 is 0 Å². The standard InChI is InChI=1S/C16H22FNO3/c1-12(11-19)4-3-9-18-16(20)8-6-13-5-7-15(21-2)14(17)10-13/h5-8,10,12,19H,3-4,9,11H2,1-2H3,(H,18,20)/b8-6+. The molecule has 0 aliphatic carbocycles. The molecule has 116 valence electrons. The van der Waals surface area contributed by atoms with Crippen molar-refractivity contribution in [2.75, 3.05) is 20.3 Å². The van der Waals surface area contributed by atoms with Gasteiger partial charge in [0, 0.05) is 19.2 Å². The van der Waals surface area contributed by atoms with Crippen LogP contribution in [0.2, 0.25) is 0 Å². The van der Waals surface area contributed by atoms with Gasteiger partial charge in [0.2, 0.25) is 5.91 Å². The minimum atomic E-state index is -0.460. The Bertz CT molecular complexity index is 488. The number of methoxy groups -OCH3 is 1. The van der Waals surface area contributed by atoms with Gasteiger partial charge in [0.1, 0.15) is 0 Å². The molecule has 5 heteroatoms. The van der Waals surface area contributed by atoms with Gasteiger partial charge < -0.3 is 15.2 Å². The van der Waals surface area contributed by atoms with E-state index in [4.69, 9.17) is 9.84 Å². The number of aliphatic hydroxyl groups excluding tert-OH is 1. The van der Waals surface area contributed by atoms with Gasteiger partial charge in [-0.1, -0.05) is 13.0 Å². The molecule has 1 aromatic carbocycles. The molecule has 2 N–H and O–H groups in total. The predicted molar refractivity (Wildman–Crippen MR) is 80.5 cm³/mol. The number of hydrogen-bond acceptors (Lipinski definition) is 3. The summed E-state index contributed by atoms with van der Waals surface area (Å²) in [6, 6.07) is 4.50. The minimum Gasteiger partial charge on any atom is -0.494 e. The van der Waals surface area contributed by atoms with Gasteiger partial charge in [0.05, 0.1) is 7.11 Å². The lowest BCUT2D eigenvalue weighted by atomic mass is 10.1. The lowest BCUT2D eigenvalue weighted by Gasteiger charge is -2.07. The second-order valence-electron chi connectivity index (χ2n) is 4.95. The molecule has 1 aromatic rings. The normalized spacial score (nSPS) is 12.4. The van der Waals surface area contributed by atoms with E-state index in [0.717, 1.165) is 12.8 Å². The number of hydrogen-bond donors (Lipinski definition) is 2. The van der Waals surface area contributed by atoms with E-state index < -0.39 is 5.82 Å². The third-order valence-electron chi connectivity index (χ3n) is 3.09. The molecule has 0 saturated heterocycles. The zero-order valence-corrected chi connectivity index (χ0v) is 12.4. The second kappa shape index (κ2) is 9.13. The van der Waals surface area contributed by atoms with Crippen LogP contribution in [-0.2, 0) is 4.79 Å². The lowest BCUT2D eigenvalue weighted by Crippen LogP contribution is -2.22. The molecule has 1 amide bonds. The molecule has 0 radical (unpaired) electrons. The van der Waals surface area contributed by atoms with Gasteiger partial charge in [-0.05, 0) is 42.5 Å². The summed E-state index contributed by atoms with van der Waals surface area (Å²) < 4.78 is 18.3. The zero-order valence-electron chi connectivity index (χ0n) is 12.4. The number of aliphatic hydroxyl groups is 1. The molecule has 0 aliphatic rings. The van der Waals surface area contributed by atoms with E-state index in [1.54, 1.807) is 12.1 Å². The van der Waals surface area contributed by atoms with Crippen molar-refractivity contribution in [3.05, 3.63) is 35.7 Å². The maximum absolute atomic E-state index is 13.5. The molecule has 0 bridgehead atoms. The van der Waals surface area contributed by atoms with E-state index >= 15 is 0 Å². The van der Waals surface area contributed by atoms with Crippen molar-refractivity contribution < 1.29 is 19.0 Å². The number of nitrogens with one attached hydrogen (secondary N) is 1.